The molecule has 3 heteroatoms. The molecular weight excluding hydrogens is 190 g/mol. The Morgan fingerprint density at radius 3 is 2.47 bits per heavy atom. The monoisotopic (exact) mass is 215 g/mol. The first-order valence-corrected chi connectivity index (χ1v) is 5.85. The number of unbranched alkanes of at least 4 members (excludes halogenated alkanes) is 1. The maximum atomic E-state index is 11.3. The summed E-state index contributed by atoms with van der Waals surface area (Å²) in [6.45, 7) is 6.97. The summed E-state index contributed by atoms with van der Waals surface area (Å²) in [4.78, 5) is 11.3. The third-order valence-corrected chi connectivity index (χ3v) is 2.42. The van der Waals surface area contributed by atoms with Crippen LogP contribution < -0.4 is 5.32 Å². The average molecular weight is 215 g/mol. The zero-order chi connectivity index (χ0) is 11.7. The third-order valence-electron chi connectivity index (χ3n) is 2.42. The Bertz CT molecular complexity index is 169. The predicted octanol–water partition coefficient (Wildman–Crippen LogP) is 2.35. The van der Waals surface area contributed by atoms with E-state index in [9.17, 15) is 4.79 Å². The Labute approximate surface area is 93.6 Å². The number of methoxy groups -OCH3 is 1. The molecule has 0 saturated heterocycles. The molecule has 0 rings (SSSR count). The lowest BCUT2D eigenvalue weighted by molar-refractivity contribution is -0.121. The van der Waals surface area contributed by atoms with Crippen molar-refractivity contribution in [3.63, 3.8) is 0 Å². The van der Waals surface area contributed by atoms with E-state index in [-0.39, 0.29) is 12.0 Å². The van der Waals surface area contributed by atoms with Gasteiger partial charge in [-0.2, -0.15) is 0 Å². The minimum absolute atomic E-state index is 0.101. The summed E-state index contributed by atoms with van der Waals surface area (Å²) in [6.07, 6.45) is 4.09. The molecule has 0 saturated carbocycles. The van der Waals surface area contributed by atoms with E-state index in [0.29, 0.717) is 13.0 Å². The molecule has 0 fully saturated rings. The van der Waals surface area contributed by atoms with E-state index in [1.165, 1.54) is 6.42 Å². The fraction of sp³-hybridized carbons (Fsp3) is 0.917. The molecule has 0 bridgehead atoms. The molecule has 3 nitrogen and oxygen atoms in total. The van der Waals surface area contributed by atoms with Crippen LogP contribution in [0.3, 0.4) is 0 Å². The standard InChI is InChI=1S/C12H25NO2/c1-10(2)7-5-6-8-12(14)13-9-11(3)15-4/h10-11H,5-9H2,1-4H3,(H,13,14). The fourth-order valence-electron chi connectivity index (χ4n) is 1.27. The van der Waals surface area contributed by atoms with Crippen LogP contribution in [0.2, 0.25) is 0 Å². The molecule has 1 amide bonds. The van der Waals surface area contributed by atoms with Crippen molar-refractivity contribution in [1.29, 1.82) is 0 Å². The molecule has 0 aromatic rings. The van der Waals surface area contributed by atoms with Gasteiger partial charge in [-0.25, -0.2) is 0 Å². The summed E-state index contributed by atoms with van der Waals surface area (Å²) in [5.41, 5.74) is 0. The molecule has 0 radical (unpaired) electrons. The van der Waals surface area contributed by atoms with Crippen molar-refractivity contribution in [2.45, 2.75) is 52.6 Å². The Hall–Kier alpha value is -0.570. The van der Waals surface area contributed by atoms with Crippen molar-refractivity contribution < 1.29 is 9.53 Å². The maximum absolute atomic E-state index is 11.3. The summed E-state index contributed by atoms with van der Waals surface area (Å²) in [6, 6.07) is 0. The van der Waals surface area contributed by atoms with Crippen molar-refractivity contribution in [2.75, 3.05) is 13.7 Å². The quantitative estimate of drug-likeness (QED) is 0.631. The highest BCUT2D eigenvalue weighted by atomic mass is 16.5. The van der Waals surface area contributed by atoms with E-state index < -0.39 is 0 Å². The van der Waals surface area contributed by atoms with E-state index in [1.54, 1.807) is 7.11 Å². The Balaban J connectivity index is 3.34. The number of carbonyl (C=O) groups excluding carboxylic acids is 1. The summed E-state index contributed by atoms with van der Waals surface area (Å²) in [5.74, 6) is 0.879. The van der Waals surface area contributed by atoms with Gasteiger partial charge in [-0.3, -0.25) is 4.79 Å². The van der Waals surface area contributed by atoms with Gasteiger partial charge in [0, 0.05) is 20.1 Å². The molecule has 0 aromatic heterocycles. The van der Waals surface area contributed by atoms with Crippen LogP contribution in [0.25, 0.3) is 0 Å². The van der Waals surface area contributed by atoms with Crippen LogP contribution >= 0.6 is 0 Å². The van der Waals surface area contributed by atoms with Crippen LogP contribution in [-0.2, 0) is 9.53 Å². The Kier molecular flexibility index (Phi) is 8.38. The lowest BCUT2D eigenvalue weighted by Crippen LogP contribution is -2.31. The highest BCUT2D eigenvalue weighted by molar-refractivity contribution is 5.75. The zero-order valence-electron chi connectivity index (χ0n) is 10.5. The topological polar surface area (TPSA) is 38.3 Å². The van der Waals surface area contributed by atoms with E-state index in [4.69, 9.17) is 4.74 Å². The number of hydrogen-bond acceptors (Lipinski definition) is 2. The lowest BCUT2D eigenvalue weighted by Gasteiger charge is -2.10. The first-order valence-electron chi connectivity index (χ1n) is 5.85. The molecule has 0 aliphatic rings. The second kappa shape index (κ2) is 8.72. The molecule has 1 N–H and O–H groups in total. The number of carbonyl (C=O) groups is 1. The molecule has 0 aliphatic carbocycles. The summed E-state index contributed by atoms with van der Waals surface area (Å²) in [5, 5.41) is 2.86. The normalized spacial score (nSPS) is 12.9. The molecule has 90 valence electrons. The molecule has 15 heavy (non-hydrogen) atoms. The van der Waals surface area contributed by atoms with Crippen molar-refractivity contribution in [3.8, 4) is 0 Å². The van der Waals surface area contributed by atoms with Crippen molar-refractivity contribution >= 4 is 5.91 Å². The van der Waals surface area contributed by atoms with Gasteiger partial charge in [-0.1, -0.05) is 26.7 Å². The van der Waals surface area contributed by atoms with Gasteiger partial charge in [0.05, 0.1) is 6.10 Å². The molecular formula is C12H25NO2. The highest BCUT2D eigenvalue weighted by Crippen LogP contribution is 2.07. The molecule has 1 unspecified atom stereocenters. The number of amides is 1. The largest absolute Gasteiger partial charge is 0.380 e. The predicted molar refractivity (Wildman–Crippen MR) is 62.8 cm³/mol. The minimum Gasteiger partial charge on any atom is -0.380 e. The zero-order valence-corrected chi connectivity index (χ0v) is 10.5. The van der Waals surface area contributed by atoms with Crippen LogP contribution in [0.1, 0.15) is 46.5 Å². The van der Waals surface area contributed by atoms with E-state index in [0.717, 1.165) is 18.8 Å². The van der Waals surface area contributed by atoms with Crippen LogP contribution in [0, 0.1) is 5.92 Å². The van der Waals surface area contributed by atoms with Gasteiger partial charge in [0.15, 0.2) is 0 Å². The smallest absolute Gasteiger partial charge is 0.220 e. The van der Waals surface area contributed by atoms with Crippen LogP contribution in [0.15, 0.2) is 0 Å². The first kappa shape index (κ1) is 14.4. The molecule has 0 aromatic carbocycles. The average Bonchev–Trinajstić information content (AvgIpc) is 2.20. The maximum Gasteiger partial charge on any atom is 0.220 e. The van der Waals surface area contributed by atoms with Gasteiger partial charge in [0.1, 0.15) is 0 Å². The summed E-state index contributed by atoms with van der Waals surface area (Å²) < 4.78 is 5.04. The van der Waals surface area contributed by atoms with E-state index >= 15 is 0 Å². The van der Waals surface area contributed by atoms with Gasteiger partial charge in [0.25, 0.3) is 0 Å². The van der Waals surface area contributed by atoms with Gasteiger partial charge < -0.3 is 10.1 Å². The highest BCUT2D eigenvalue weighted by Gasteiger charge is 2.04. The number of nitrogens with one attached hydrogen (secondary N) is 1. The first-order chi connectivity index (χ1) is 7.06. The van der Waals surface area contributed by atoms with Crippen molar-refractivity contribution in [1.82, 2.24) is 5.32 Å². The van der Waals surface area contributed by atoms with E-state index in [2.05, 4.69) is 19.2 Å². The number of hydrogen-bond donors (Lipinski definition) is 1. The third kappa shape index (κ3) is 9.73. The van der Waals surface area contributed by atoms with Crippen LogP contribution in [-0.4, -0.2) is 25.7 Å². The van der Waals surface area contributed by atoms with Gasteiger partial charge in [0.2, 0.25) is 5.91 Å². The van der Waals surface area contributed by atoms with Crippen molar-refractivity contribution in [3.05, 3.63) is 0 Å². The molecule has 0 heterocycles. The van der Waals surface area contributed by atoms with Gasteiger partial charge >= 0.3 is 0 Å². The van der Waals surface area contributed by atoms with E-state index in [1.807, 2.05) is 6.92 Å². The molecule has 0 aliphatic heterocycles. The number of rotatable bonds is 8. The second-order valence-electron chi connectivity index (χ2n) is 4.49. The van der Waals surface area contributed by atoms with Crippen LogP contribution in [0.4, 0.5) is 0 Å². The fourth-order valence-corrected chi connectivity index (χ4v) is 1.27. The number of ether oxygens (including phenoxy) is 1. The second-order valence-corrected chi connectivity index (χ2v) is 4.49. The lowest BCUT2D eigenvalue weighted by atomic mass is 10.1. The molecule has 1 atom stereocenters. The Morgan fingerprint density at radius 1 is 1.27 bits per heavy atom. The van der Waals surface area contributed by atoms with Gasteiger partial charge in [-0.15, -0.1) is 0 Å². The van der Waals surface area contributed by atoms with Crippen molar-refractivity contribution in [2.24, 2.45) is 5.92 Å². The van der Waals surface area contributed by atoms with Crippen LogP contribution in [0.5, 0.6) is 0 Å². The molecule has 0 spiro atoms. The SMILES string of the molecule is COC(C)CNC(=O)CCCCC(C)C. The minimum atomic E-state index is 0.101. The Morgan fingerprint density at radius 2 is 1.93 bits per heavy atom. The summed E-state index contributed by atoms with van der Waals surface area (Å²) in [7, 11) is 1.65. The van der Waals surface area contributed by atoms with Gasteiger partial charge in [-0.05, 0) is 19.3 Å². The summed E-state index contributed by atoms with van der Waals surface area (Å²) >= 11 is 0.